The van der Waals surface area contributed by atoms with Crippen molar-refractivity contribution >= 4 is 5.69 Å². The van der Waals surface area contributed by atoms with Gasteiger partial charge in [-0.1, -0.05) is 59.7 Å². The van der Waals surface area contributed by atoms with Crippen LogP contribution in [0.2, 0.25) is 0 Å². The predicted molar refractivity (Wildman–Crippen MR) is 94.8 cm³/mol. The molecule has 0 aliphatic heterocycles. The lowest BCUT2D eigenvalue weighted by atomic mass is 9.81. The average Bonchev–Trinajstić information content (AvgIpc) is 2.36. The summed E-state index contributed by atoms with van der Waals surface area (Å²) in [5.41, 5.74) is 9.13. The predicted octanol–water partition coefficient (Wildman–Crippen LogP) is 5.66. The van der Waals surface area contributed by atoms with Crippen LogP contribution in [0, 0.1) is 0 Å². The zero-order chi connectivity index (χ0) is 16.5. The number of nitrogen functional groups attached to an aromatic ring is 1. The first kappa shape index (κ1) is 16.4. The number of nitrogens with two attached hydrogens (primary N) is 1. The Bertz CT molecular complexity index is 660. The van der Waals surface area contributed by atoms with Gasteiger partial charge in [0.05, 0.1) is 0 Å². The molecule has 0 saturated heterocycles. The summed E-state index contributed by atoms with van der Waals surface area (Å²) in [6, 6.07) is 14.1. The van der Waals surface area contributed by atoms with Crippen LogP contribution >= 0.6 is 0 Å². The van der Waals surface area contributed by atoms with Crippen LogP contribution in [-0.4, -0.2) is 0 Å². The van der Waals surface area contributed by atoms with E-state index in [1.54, 1.807) is 0 Å². The Hall–Kier alpha value is -1.96. The number of benzene rings is 2. The average molecular weight is 297 g/mol. The molecule has 0 saturated carbocycles. The summed E-state index contributed by atoms with van der Waals surface area (Å²) < 4.78 is 6.17. The summed E-state index contributed by atoms with van der Waals surface area (Å²) in [4.78, 5) is 0. The molecule has 118 valence electrons. The standard InChI is InChI=1S/C20H27NO/c1-19(2,3)14-10-11-17(20(4,5)6)18(12-14)22-16-9-7-8-15(21)13-16/h7-13H,21H2,1-6H3. The molecule has 2 rings (SSSR count). The van der Waals surface area contributed by atoms with E-state index in [9.17, 15) is 0 Å². The minimum absolute atomic E-state index is 0.0199. The van der Waals surface area contributed by atoms with Crippen LogP contribution in [0.4, 0.5) is 5.69 Å². The molecule has 0 aromatic heterocycles. The van der Waals surface area contributed by atoms with Crippen LogP contribution in [0.25, 0.3) is 0 Å². The van der Waals surface area contributed by atoms with E-state index in [2.05, 4.69) is 59.7 Å². The number of hydrogen-bond donors (Lipinski definition) is 1. The number of anilines is 1. The second-order valence-electron chi connectivity index (χ2n) is 7.89. The van der Waals surface area contributed by atoms with Crippen molar-refractivity contribution in [2.24, 2.45) is 0 Å². The normalized spacial score (nSPS) is 12.3. The molecule has 0 radical (unpaired) electrons. The van der Waals surface area contributed by atoms with Crippen molar-refractivity contribution in [2.75, 3.05) is 5.73 Å². The van der Waals surface area contributed by atoms with Gasteiger partial charge in [-0.15, -0.1) is 0 Å². The van der Waals surface area contributed by atoms with Crippen molar-refractivity contribution < 1.29 is 4.74 Å². The second-order valence-corrected chi connectivity index (χ2v) is 7.89. The number of rotatable bonds is 2. The fraction of sp³-hybridized carbons (Fsp3) is 0.400. The van der Waals surface area contributed by atoms with Gasteiger partial charge in [-0.2, -0.15) is 0 Å². The summed E-state index contributed by atoms with van der Waals surface area (Å²) >= 11 is 0. The van der Waals surface area contributed by atoms with Gasteiger partial charge in [-0.05, 0) is 34.6 Å². The first-order valence-corrected chi connectivity index (χ1v) is 7.76. The van der Waals surface area contributed by atoms with Gasteiger partial charge in [0.2, 0.25) is 0 Å². The highest BCUT2D eigenvalue weighted by atomic mass is 16.5. The number of ether oxygens (including phenoxy) is 1. The smallest absolute Gasteiger partial charge is 0.131 e. The Balaban J connectivity index is 2.50. The number of hydrogen-bond acceptors (Lipinski definition) is 2. The van der Waals surface area contributed by atoms with Gasteiger partial charge < -0.3 is 10.5 Å². The van der Waals surface area contributed by atoms with E-state index in [4.69, 9.17) is 10.5 Å². The molecule has 2 heteroatoms. The summed E-state index contributed by atoms with van der Waals surface area (Å²) in [6.07, 6.45) is 0. The molecular weight excluding hydrogens is 270 g/mol. The highest BCUT2D eigenvalue weighted by Crippen LogP contribution is 2.37. The quantitative estimate of drug-likeness (QED) is 0.726. The van der Waals surface area contributed by atoms with Gasteiger partial charge in [0, 0.05) is 17.3 Å². The van der Waals surface area contributed by atoms with Crippen molar-refractivity contribution in [3.63, 3.8) is 0 Å². The van der Waals surface area contributed by atoms with Crippen LogP contribution in [0.5, 0.6) is 11.5 Å². The molecule has 0 spiro atoms. The minimum atomic E-state index is 0.0199. The van der Waals surface area contributed by atoms with Crippen molar-refractivity contribution in [3.05, 3.63) is 53.6 Å². The van der Waals surface area contributed by atoms with Crippen LogP contribution in [-0.2, 0) is 10.8 Å². The molecular formula is C20H27NO. The molecule has 2 aromatic rings. The highest BCUT2D eigenvalue weighted by molar-refractivity contribution is 5.49. The summed E-state index contributed by atoms with van der Waals surface area (Å²) in [7, 11) is 0. The monoisotopic (exact) mass is 297 g/mol. The Morgan fingerprint density at radius 2 is 1.50 bits per heavy atom. The lowest BCUT2D eigenvalue weighted by Crippen LogP contribution is -2.16. The molecule has 0 aliphatic carbocycles. The fourth-order valence-corrected chi connectivity index (χ4v) is 2.40. The van der Waals surface area contributed by atoms with Crippen molar-refractivity contribution in [3.8, 4) is 11.5 Å². The molecule has 0 amide bonds. The van der Waals surface area contributed by atoms with Gasteiger partial charge in [0.1, 0.15) is 11.5 Å². The second kappa shape index (κ2) is 5.68. The maximum absolute atomic E-state index is 6.17. The molecule has 0 heterocycles. The molecule has 22 heavy (non-hydrogen) atoms. The maximum Gasteiger partial charge on any atom is 0.131 e. The van der Waals surface area contributed by atoms with Gasteiger partial charge in [0.15, 0.2) is 0 Å². The zero-order valence-corrected chi connectivity index (χ0v) is 14.5. The van der Waals surface area contributed by atoms with Gasteiger partial charge >= 0.3 is 0 Å². The minimum Gasteiger partial charge on any atom is -0.457 e. The van der Waals surface area contributed by atoms with Crippen molar-refractivity contribution in [1.29, 1.82) is 0 Å². The topological polar surface area (TPSA) is 35.2 Å². The van der Waals surface area contributed by atoms with Gasteiger partial charge in [-0.3, -0.25) is 0 Å². The first-order valence-electron chi connectivity index (χ1n) is 7.76. The van der Waals surface area contributed by atoms with E-state index in [0.717, 1.165) is 11.5 Å². The zero-order valence-electron chi connectivity index (χ0n) is 14.5. The van der Waals surface area contributed by atoms with Gasteiger partial charge in [0.25, 0.3) is 0 Å². The molecule has 0 aliphatic rings. The van der Waals surface area contributed by atoms with Crippen molar-refractivity contribution in [1.82, 2.24) is 0 Å². The largest absolute Gasteiger partial charge is 0.457 e. The molecule has 0 bridgehead atoms. The van der Waals surface area contributed by atoms with E-state index in [1.165, 1.54) is 11.1 Å². The molecule has 2 N–H and O–H groups in total. The third-order valence-electron chi connectivity index (χ3n) is 3.74. The molecule has 0 atom stereocenters. The van der Waals surface area contributed by atoms with Crippen LogP contribution in [0.1, 0.15) is 52.7 Å². The van der Waals surface area contributed by atoms with Gasteiger partial charge in [-0.25, -0.2) is 0 Å². The van der Waals surface area contributed by atoms with Crippen LogP contribution in [0.15, 0.2) is 42.5 Å². The summed E-state index contributed by atoms with van der Waals surface area (Å²) in [6.45, 7) is 13.2. The summed E-state index contributed by atoms with van der Waals surface area (Å²) in [5, 5.41) is 0. The van der Waals surface area contributed by atoms with E-state index >= 15 is 0 Å². The molecule has 2 nitrogen and oxygen atoms in total. The Kier molecular flexibility index (Phi) is 4.23. The lowest BCUT2D eigenvalue weighted by molar-refractivity contribution is 0.452. The lowest BCUT2D eigenvalue weighted by Gasteiger charge is -2.26. The third-order valence-corrected chi connectivity index (χ3v) is 3.74. The SMILES string of the molecule is CC(C)(C)c1ccc(C(C)(C)C)c(Oc2cccc(N)c2)c1. The summed E-state index contributed by atoms with van der Waals surface area (Å²) in [5.74, 6) is 1.68. The van der Waals surface area contributed by atoms with Crippen LogP contribution < -0.4 is 10.5 Å². The Morgan fingerprint density at radius 3 is 2.05 bits per heavy atom. The maximum atomic E-state index is 6.17. The Morgan fingerprint density at radius 1 is 0.818 bits per heavy atom. The Labute approximate surface area is 134 Å². The van der Waals surface area contributed by atoms with E-state index < -0.39 is 0 Å². The third kappa shape index (κ3) is 3.82. The van der Waals surface area contributed by atoms with E-state index in [-0.39, 0.29) is 10.8 Å². The van der Waals surface area contributed by atoms with Crippen LogP contribution in [0.3, 0.4) is 0 Å². The highest BCUT2D eigenvalue weighted by Gasteiger charge is 2.22. The van der Waals surface area contributed by atoms with E-state index in [1.807, 2.05) is 24.3 Å². The molecule has 2 aromatic carbocycles. The fourth-order valence-electron chi connectivity index (χ4n) is 2.40. The molecule has 0 unspecified atom stereocenters. The van der Waals surface area contributed by atoms with E-state index in [0.29, 0.717) is 5.69 Å². The van der Waals surface area contributed by atoms with Crippen molar-refractivity contribution in [2.45, 2.75) is 52.4 Å². The molecule has 0 fully saturated rings. The first-order chi connectivity index (χ1) is 10.1.